The van der Waals surface area contributed by atoms with Gasteiger partial charge in [-0.3, -0.25) is 9.80 Å². The lowest BCUT2D eigenvalue weighted by Gasteiger charge is -2.30. The molecule has 3 rings (SSSR count). The highest BCUT2D eigenvalue weighted by atomic mass is 32.1. The number of fused-ring (bicyclic) bond motifs is 2. The lowest BCUT2D eigenvalue weighted by Crippen LogP contribution is -2.39. The van der Waals surface area contributed by atoms with Gasteiger partial charge < -0.3 is 5.11 Å². The van der Waals surface area contributed by atoms with Gasteiger partial charge >= 0.3 is 0 Å². The van der Waals surface area contributed by atoms with Crippen LogP contribution in [-0.2, 0) is 6.54 Å². The molecule has 2 fully saturated rings. The van der Waals surface area contributed by atoms with E-state index in [1.165, 1.54) is 37.2 Å². The number of aliphatic hydroxyl groups excluding tert-OH is 1. The van der Waals surface area contributed by atoms with Crippen LogP contribution in [0.15, 0.2) is 17.5 Å². The molecule has 0 spiro atoms. The maximum atomic E-state index is 9.07. The highest BCUT2D eigenvalue weighted by Gasteiger charge is 2.37. The van der Waals surface area contributed by atoms with Gasteiger partial charge in [-0.2, -0.15) is 0 Å². The van der Waals surface area contributed by atoms with Crippen molar-refractivity contribution in [1.82, 2.24) is 9.80 Å². The summed E-state index contributed by atoms with van der Waals surface area (Å²) in [4.78, 5) is 6.65. The Bertz CT molecular complexity index is 395. The van der Waals surface area contributed by atoms with E-state index < -0.39 is 0 Å². The molecule has 1 N–H and O–H groups in total. The zero-order chi connectivity index (χ0) is 13.8. The Hall–Kier alpha value is -0.420. The van der Waals surface area contributed by atoms with Gasteiger partial charge in [0.15, 0.2) is 0 Å². The molecule has 1 aliphatic heterocycles. The number of likely N-dealkylation sites (tertiary alicyclic amines) is 1. The van der Waals surface area contributed by atoms with Gasteiger partial charge in [-0.05, 0) is 43.0 Å². The van der Waals surface area contributed by atoms with Crippen LogP contribution in [-0.4, -0.2) is 53.7 Å². The molecule has 3 nitrogen and oxygen atoms in total. The Kier molecular flexibility index (Phi) is 5.10. The average Bonchev–Trinajstić information content (AvgIpc) is 3.18. The predicted octanol–water partition coefficient (Wildman–Crippen LogP) is 2.42. The molecule has 1 aromatic heterocycles. The highest BCUT2D eigenvalue weighted by Crippen LogP contribution is 2.36. The number of rotatable bonds is 8. The molecule has 2 heterocycles. The molecule has 2 atom stereocenters. The van der Waals surface area contributed by atoms with E-state index in [0.717, 1.165) is 38.0 Å². The van der Waals surface area contributed by atoms with Gasteiger partial charge in [0, 0.05) is 50.2 Å². The second-order valence-corrected chi connectivity index (χ2v) is 7.29. The van der Waals surface area contributed by atoms with Crippen LogP contribution in [0.3, 0.4) is 0 Å². The van der Waals surface area contributed by atoms with Crippen LogP contribution in [0.5, 0.6) is 0 Å². The molecule has 0 unspecified atom stereocenters. The molecule has 1 saturated carbocycles. The van der Waals surface area contributed by atoms with Gasteiger partial charge in [0.25, 0.3) is 0 Å². The first-order valence-electron chi connectivity index (χ1n) is 7.95. The van der Waals surface area contributed by atoms with Crippen LogP contribution < -0.4 is 0 Å². The summed E-state index contributed by atoms with van der Waals surface area (Å²) < 4.78 is 0. The molecule has 2 aliphatic rings. The first kappa shape index (κ1) is 14.5. The third-order valence-corrected chi connectivity index (χ3v) is 5.68. The monoisotopic (exact) mass is 294 g/mol. The molecular weight excluding hydrogens is 268 g/mol. The first-order valence-corrected chi connectivity index (χ1v) is 8.83. The van der Waals surface area contributed by atoms with Gasteiger partial charge in [-0.15, -0.1) is 11.3 Å². The van der Waals surface area contributed by atoms with Crippen LogP contribution in [0.1, 0.15) is 30.6 Å². The van der Waals surface area contributed by atoms with Crippen molar-refractivity contribution >= 4 is 11.3 Å². The number of piperidine rings is 1. The maximum Gasteiger partial charge on any atom is 0.0443 e. The van der Waals surface area contributed by atoms with Crippen molar-refractivity contribution < 1.29 is 5.11 Å². The van der Waals surface area contributed by atoms with Crippen molar-refractivity contribution in [3.05, 3.63) is 22.4 Å². The summed E-state index contributed by atoms with van der Waals surface area (Å²) in [6, 6.07) is 5.22. The van der Waals surface area contributed by atoms with E-state index in [1.807, 2.05) is 11.3 Å². The first-order chi connectivity index (χ1) is 9.85. The molecule has 20 heavy (non-hydrogen) atoms. The SMILES string of the molecule is OCCCN(CCN1C[C@@H]2CC[C@H]1C2)Cc1cccs1. The topological polar surface area (TPSA) is 26.7 Å². The summed E-state index contributed by atoms with van der Waals surface area (Å²) in [5.74, 6) is 0.989. The zero-order valence-corrected chi connectivity index (χ0v) is 13.0. The van der Waals surface area contributed by atoms with Crippen molar-refractivity contribution in [1.29, 1.82) is 0 Å². The zero-order valence-electron chi connectivity index (χ0n) is 12.2. The highest BCUT2D eigenvalue weighted by molar-refractivity contribution is 7.09. The minimum absolute atomic E-state index is 0.301. The second kappa shape index (κ2) is 7.03. The minimum Gasteiger partial charge on any atom is -0.396 e. The molecule has 2 bridgehead atoms. The summed E-state index contributed by atoms with van der Waals surface area (Å²) in [6.45, 7) is 6.03. The smallest absolute Gasteiger partial charge is 0.0443 e. The fourth-order valence-corrected chi connectivity index (χ4v) is 4.50. The van der Waals surface area contributed by atoms with Crippen molar-refractivity contribution in [2.45, 2.75) is 38.3 Å². The number of hydrogen-bond donors (Lipinski definition) is 1. The molecule has 112 valence electrons. The molecule has 4 heteroatoms. The lowest BCUT2D eigenvalue weighted by molar-refractivity contribution is 0.160. The molecule has 0 amide bonds. The summed E-state index contributed by atoms with van der Waals surface area (Å²) in [5.41, 5.74) is 0. The lowest BCUT2D eigenvalue weighted by atomic mass is 10.1. The summed E-state index contributed by atoms with van der Waals surface area (Å²) in [6.07, 6.45) is 5.22. The number of nitrogens with zero attached hydrogens (tertiary/aromatic N) is 2. The minimum atomic E-state index is 0.301. The molecule has 1 aromatic rings. The third kappa shape index (κ3) is 3.61. The van der Waals surface area contributed by atoms with Gasteiger partial charge in [0.05, 0.1) is 0 Å². The van der Waals surface area contributed by atoms with E-state index in [4.69, 9.17) is 5.11 Å². The van der Waals surface area contributed by atoms with Crippen LogP contribution in [0.25, 0.3) is 0 Å². The van der Waals surface area contributed by atoms with E-state index in [2.05, 4.69) is 27.3 Å². The fraction of sp³-hybridized carbons (Fsp3) is 0.750. The molecular formula is C16H26N2OS. The number of hydrogen-bond acceptors (Lipinski definition) is 4. The number of thiophene rings is 1. The second-order valence-electron chi connectivity index (χ2n) is 6.26. The predicted molar refractivity (Wildman–Crippen MR) is 84.0 cm³/mol. The van der Waals surface area contributed by atoms with Gasteiger partial charge in [-0.25, -0.2) is 0 Å². The Balaban J connectivity index is 1.47. The molecule has 1 saturated heterocycles. The van der Waals surface area contributed by atoms with Gasteiger partial charge in [-0.1, -0.05) is 6.07 Å². The van der Waals surface area contributed by atoms with Gasteiger partial charge in [0.1, 0.15) is 0 Å². The molecule has 0 aromatic carbocycles. The third-order valence-electron chi connectivity index (χ3n) is 4.82. The standard InChI is InChI=1S/C16H26N2OS/c19-9-2-6-17(13-16-3-1-10-20-16)7-8-18-12-14-4-5-15(18)11-14/h1,3,10,14-15,19H,2,4-9,11-13H2/t14-,15+/m1/s1. The van der Waals surface area contributed by atoms with E-state index in [0.29, 0.717) is 6.61 Å². The Morgan fingerprint density at radius 1 is 1.35 bits per heavy atom. The molecule has 1 aliphatic carbocycles. The van der Waals surface area contributed by atoms with E-state index in [9.17, 15) is 0 Å². The Morgan fingerprint density at radius 2 is 2.30 bits per heavy atom. The maximum absolute atomic E-state index is 9.07. The normalized spacial score (nSPS) is 25.9. The largest absolute Gasteiger partial charge is 0.396 e. The van der Waals surface area contributed by atoms with Crippen molar-refractivity contribution in [2.75, 3.05) is 32.8 Å². The van der Waals surface area contributed by atoms with Crippen LogP contribution in [0.2, 0.25) is 0 Å². The van der Waals surface area contributed by atoms with Gasteiger partial charge in [0.2, 0.25) is 0 Å². The summed E-state index contributed by atoms with van der Waals surface area (Å²) in [5, 5.41) is 11.2. The van der Waals surface area contributed by atoms with E-state index >= 15 is 0 Å². The van der Waals surface area contributed by atoms with Crippen LogP contribution in [0, 0.1) is 5.92 Å². The Morgan fingerprint density at radius 3 is 2.95 bits per heavy atom. The number of aliphatic hydroxyl groups is 1. The quantitative estimate of drug-likeness (QED) is 0.797. The van der Waals surface area contributed by atoms with E-state index in [1.54, 1.807) is 0 Å². The average molecular weight is 294 g/mol. The summed E-state index contributed by atoms with van der Waals surface area (Å²) >= 11 is 1.84. The Labute approximate surface area is 126 Å². The van der Waals surface area contributed by atoms with Crippen molar-refractivity contribution in [3.8, 4) is 0 Å². The van der Waals surface area contributed by atoms with E-state index in [-0.39, 0.29) is 0 Å². The molecule has 0 radical (unpaired) electrons. The van der Waals surface area contributed by atoms with Crippen LogP contribution in [0.4, 0.5) is 0 Å². The fourth-order valence-electron chi connectivity index (χ4n) is 3.76. The van der Waals surface area contributed by atoms with Crippen molar-refractivity contribution in [2.24, 2.45) is 5.92 Å². The summed E-state index contributed by atoms with van der Waals surface area (Å²) in [7, 11) is 0. The van der Waals surface area contributed by atoms with Crippen molar-refractivity contribution in [3.63, 3.8) is 0 Å². The van der Waals surface area contributed by atoms with Crippen LogP contribution >= 0.6 is 11.3 Å².